The molecular formula is C9H18N4O2. The van der Waals surface area contributed by atoms with E-state index in [-0.39, 0.29) is 17.6 Å². The summed E-state index contributed by atoms with van der Waals surface area (Å²) in [6.45, 7) is 3.29. The number of carbonyl (C=O) groups excluding carboxylic acids is 2. The number of amides is 1. The first-order valence-corrected chi connectivity index (χ1v) is 4.76. The molecule has 0 spiro atoms. The molecule has 0 aromatic heterocycles. The van der Waals surface area contributed by atoms with Gasteiger partial charge >= 0.3 is 0 Å². The predicted octanol–water partition coefficient (Wildman–Crippen LogP) is -0.866. The van der Waals surface area contributed by atoms with E-state index < -0.39 is 6.04 Å². The molecule has 86 valence electrons. The molecule has 0 aromatic carbocycles. The molecule has 0 radical (unpaired) electrons. The van der Waals surface area contributed by atoms with E-state index in [0.717, 1.165) is 0 Å². The minimum Gasteiger partial charge on any atom is -0.370 e. The van der Waals surface area contributed by atoms with E-state index in [4.69, 9.17) is 11.5 Å². The molecule has 0 heterocycles. The topological polar surface area (TPSA) is 111 Å². The molecule has 0 aromatic rings. The van der Waals surface area contributed by atoms with Crippen LogP contribution in [0, 0.1) is 0 Å². The standard InChI is InChI=1S/C9H18N4O2/c1-6(14)8(13-7(2)15)4-3-5-12-9(10)11/h8H,3-5H2,1-2H3,(H,13,15)(H4,10,11,12)/t8-/m0/s1. The average Bonchev–Trinajstić information content (AvgIpc) is 2.08. The maximum Gasteiger partial charge on any atom is 0.217 e. The molecule has 0 aliphatic rings. The van der Waals surface area contributed by atoms with Crippen LogP contribution in [0.5, 0.6) is 0 Å². The van der Waals surface area contributed by atoms with E-state index in [1.54, 1.807) is 0 Å². The zero-order valence-corrected chi connectivity index (χ0v) is 9.12. The molecule has 0 aliphatic heterocycles. The van der Waals surface area contributed by atoms with Crippen molar-refractivity contribution >= 4 is 17.6 Å². The van der Waals surface area contributed by atoms with Gasteiger partial charge in [0.25, 0.3) is 0 Å². The third kappa shape index (κ3) is 7.48. The molecule has 0 bridgehead atoms. The number of guanidine groups is 1. The summed E-state index contributed by atoms with van der Waals surface area (Å²) in [5.41, 5.74) is 10.3. The van der Waals surface area contributed by atoms with Gasteiger partial charge in [0.15, 0.2) is 11.7 Å². The van der Waals surface area contributed by atoms with Crippen molar-refractivity contribution in [2.45, 2.75) is 32.7 Å². The van der Waals surface area contributed by atoms with Crippen LogP contribution in [0.1, 0.15) is 26.7 Å². The van der Waals surface area contributed by atoms with Gasteiger partial charge in [0.1, 0.15) is 0 Å². The number of nitrogens with two attached hydrogens (primary N) is 2. The molecule has 6 nitrogen and oxygen atoms in total. The van der Waals surface area contributed by atoms with Gasteiger partial charge < -0.3 is 16.8 Å². The summed E-state index contributed by atoms with van der Waals surface area (Å²) in [5.74, 6) is -0.235. The van der Waals surface area contributed by atoms with E-state index in [1.165, 1.54) is 13.8 Å². The third-order valence-electron chi connectivity index (χ3n) is 1.81. The first-order valence-electron chi connectivity index (χ1n) is 4.76. The lowest BCUT2D eigenvalue weighted by molar-refractivity contribution is -0.125. The van der Waals surface area contributed by atoms with Crippen LogP contribution >= 0.6 is 0 Å². The number of hydrogen-bond acceptors (Lipinski definition) is 3. The fraction of sp³-hybridized carbons (Fsp3) is 0.667. The number of nitrogens with one attached hydrogen (secondary N) is 1. The normalized spacial score (nSPS) is 11.6. The molecule has 0 saturated heterocycles. The Hall–Kier alpha value is -1.59. The highest BCUT2D eigenvalue weighted by molar-refractivity contribution is 5.86. The Morgan fingerprint density at radius 2 is 1.93 bits per heavy atom. The SMILES string of the molecule is CC(=O)N[C@@H](CCCN=C(N)N)C(C)=O. The van der Waals surface area contributed by atoms with Crippen LogP contribution in [0.15, 0.2) is 4.99 Å². The number of hydrogen-bond donors (Lipinski definition) is 3. The van der Waals surface area contributed by atoms with Gasteiger partial charge in [-0.3, -0.25) is 14.6 Å². The second-order valence-corrected chi connectivity index (χ2v) is 3.31. The van der Waals surface area contributed by atoms with Crippen LogP contribution in [0.3, 0.4) is 0 Å². The lowest BCUT2D eigenvalue weighted by Gasteiger charge is -2.13. The highest BCUT2D eigenvalue weighted by atomic mass is 16.2. The maximum atomic E-state index is 11.1. The Labute approximate surface area is 89.1 Å². The smallest absolute Gasteiger partial charge is 0.217 e. The summed E-state index contributed by atoms with van der Waals surface area (Å²) < 4.78 is 0. The average molecular weight is 214 g/mol. The molecule has 5 N–H and O–H groups in total. The van der Waals surface area contributed by atoms with Crippen molar-refractivity contribution in [2.75, 3.05) is 6.54 Å². The van der Waals surface area contributed by atoms with Crippen LogP contribution < -0.4 is 16.8 Å². The number of nitrogens with zero attached hydrogens (tertiary/aromatic N) is 1. The number of aliphatic imine (C=N–C) groups is 1. The predicted molar refractivity (Wildman–Crippen MR) is 58.2 cm³/mol. The largest absolute Gasteiger partial charge is 0.370 e. The summed E-state index contributed by atoms with van der Waals surface area (Å²) >= 11 is 0. The van der Waals surface area contributed by atoms with Crippen molar-refractivity contribution in [1.29, 1.82) is 0 Å². The van der Waals surface area contributed by atoms with Crippen molar-refractivity contribution in [2.24, 2.45) is 16.5 Å². The van der Waals surface area contributed by atoms with E-state index in [9.17, 15) is 9.59 Å². The minimum atomic E-state index is -0.434. The Morgan fingerprint density at radius 1 is 1.33 bits per heavy atom. The van der Waals surface area contributed by atoms with Crippen molar-refractivity contribution in [3.05, 3.63) is 0 Å². The van der Waals surface area contributed by atoms with Crippen LogP contribution in [-0.2, 0) is 9.59 Å². The lowest BCUT2D eigenvalue weighted by atomic mass is 10.1. The van der Waals surface area contributed by atoms with Crippen molar-refractivity contribution in [1.82, 2.24) is 5.32 Å². The highest BCUT2D eigenvalue weighted by Gasteiger charge is 2.13. The van der Waals surface area contributed by atoms with Crippen molar-refractivity contribution in [3.8, 4) is 0 Å². The summed E-state index contributed by atoms with van der Waals surface area (Å²) in [6, 6.07) is -0.434. The van der Waals surface area contributed by atoms with Gasteiger partial charge in [0, 0.05) is 13.5 Å². The molecule has 0 fully saturated rings. The van der Waals surface area contributed by atoms with E-state index in [1.807, 2.05) is 0 Å². The lowest BCUT2D eigenvalue weighted by Crippen LogP contribution is -2.38. The molecule has 6 heteroatoms. The minimum absolute atomic E-state index is 0.0360. The Balaban J connectivity index is 3.92. The quantitative estimate of drug-likeness (QED) is 0.303. The van der Waals surface area contributed by atoms with Gasteiger partial charge in [-0.1, -0.05) is 0 Å². The zero-order chi connectivity index (χ0) is 11.8. The molecule has 1 amide bonds. The van der Waals surface area contributed by atoms with E-state index in [2.05, 4.69) is 10.3 Å². The van der Waals surface area contributed by atoms with Gasteiger partial charge in [0.2, 0.25) is 5.91 Å². The fourth-order valence-corrected chi connectivity index (χ4v) is 1.13. The summed E-state index contributed by atoms with van der Waals surface area (Å²) in [5, 5.41) is 2.57. The van der Waals surface area contributed by atoms with Gasteiger partial charge in [-0.2, -0.15) is 0 Å². The van der Waals surface area contributed by atoms with Crippen LogP contribution in [0.4, 0.5) is 0 Å². The maximum absolute atomic E-state index is 11.1. The Morgan fingerprint density at radius 3 is 2.33 bits per heavy atom. The second-order valence-electron chi connectivity index (χ2n) is 3.31. The number of Topliss-reactive ketones (excluding diaryl/α,β-unsaturated/α-hetero) is 1. The summed E-state index contributed by atoms with van der Waals surface area (Å²) in [7, 11) is 0. The van der Waals surface area contributed by atoms with Gasteiger partial charge in [-0.05, 0) is 19.8 Å². The van der Waals surface area contributed by atoms with Crippen molar-refractivity contribution < 1.29 is 9.59 Å². The molecule has 0 saturated carbocycles. The molecule has 0 unspecified atom stereocenters. The van der Waals surface area contributed by atoms with Gasteiger partial charge in [0.05, 0.1) is 6.04 Å². The molecule has 1 atom stereocenters. The fourth-order valence-electron chi connectivity index (χ4n) is 1.13. The van der Waals surface area contributed by atoms with E-state index >= 15 is 0 Å². The zero-order valence-electron chi connectivity index (χ0n) is 9.12. The van der Waals surface area contributed by atoms with Gasteiger partial charge in [-0.15, -0.1) is 0 Å². The Bertz CT molecular complexity index is 259. The van der Waals surface area contributed by atoms with Crippen LogP contribution in [0.2, 0.25) is 0 Å². The third-order valence-corrected chi connectivity index (χ3v) is 1.81. The first kappa shape index (κ1) is 13.4. The molecule has 0 aliphatic carbocycles. The Kier molecular flexibility index (Phi) is 6.08. The second kappa shape index (κ2) is 6.80. The summed E-state index contributed by atoms with van der Waals surface area (Å²) in [4.78, 5) is 25.7. The first-order chi connectivity index (χ1) is 6.93. The number of rotatable bonds is 6. The van der Waals surface area contributed by atoms with E-state index in [0.29, 0.717) is 19.4 Å². The summed E-state index contributed by atoms with van der Waals surface area (Å²) in [6.07, 6.45) is 1.20. The molecule has 0 rings (SSSR count). The molecule has 15 heavy (non-hydrogen) atoms. The van der Waals surface area contributed by atoms with Crippen LogP contribution in [0.25, 0.3) is 0 Å². The monoisotopic (exact) mass is 214 g/mol. The van der Waals surface area contributed by atoms with Crippen molar-refractivity contribution in [3.63, 3.8) is 0 Å². The molecular weight excluding hydrogens is 196 g/mol. The highest BCUT2D eigenvalue weighted by Crippen LogP contribution is 1.99. The van der Waals surface area contributed by atoms with Crippen LogP contribution in [-0.4, -0.2) is 30.2 Å². The van der Waals surface area contributed by atoms with Gasteiger partial charge in [-0.25, -0.2) is 0 Å². The number of ketones is 1. The number of carbonyl (C=O) groups is 2.